The predicted molar refractivity (Wildman–Crippen MR) is 246 cm³/mol. The number of carbonyl (C=O) groups is 6. The minimum atomic E-state index is -1.27. The van der Waals surface area contributed by atoms with Gasteiger partial charge in [0.1, 0.15) is 17.2 Å². The molecule has 0 aliphatic heterocycles. The van der Waals surface area contributed by atoms with Crippen molar-refractivity contribution in [1.82, 2.24) is 0 Å². The highest BCUT2D eigenvalue weighted by atomic mass is 16.7. The minimum Gasteiger partial charge on any atom is -0.494 e. The van der Waals surface area contributed by atoms with E-state index in [1.54, 1.807) is 93.6 Å². The van der Waals surface area contributed by atoms with E-state index in [1.165, 1.54) is 0 Å². The number of benzene rings is 3. The molecule has 356 valence electrons. The summed E-state index contributed by atoms with van der Waals surface area (Å²) in [4.78, 5) is 74.0. The third kappa shape index (κ3) is 20.3. The summed E-state index contributed by atoms with van der Waals surface area (Å²) in [5.74, 6) is -1.36. The predicted octanol–water partition coefficient (Wildman–Crippen LogP) is 8.81. The average molecular weight is 915 g/mol. The normalized spacial score (nSPS) is 10.5. The van der Waals surface area contributed by atoms with Crippen molar-refractivity contribution in [2.45, 2.75) is 91.3 Å². The molecule has 66 heavy (non-hydrogen) atoms. The van der Waals surface area contributed by atoms with Gasteiger partial charge in [-0.3, -0.25) is 14.4 Å². The van der Waals surface area contributed by atoms with Crippen LogP contribution in [0.5, 0.6) is 17.2 Å². The molecule has 3 aromatic carbocycles. The summed E-state index contributed by atoms with van der Waals surface area (Å²) >= 11 is 0. The summed E-state index contributed by atoms with van der Waals surface area (Å²) in [5.41, 5.74) is 2.60. The molecule has 3 rings (SSSR count). The molecule has 0 aliphatic carbocycles. The first-order valence-corrected chi connectivity index (χ1v) is 22.2. The van der Waals surface area contributed by atoms with E-state index in [-0.39, 0.29) is 68.8 Å². The van der Waals surface area contributed by atoms with Crippen molar-refractivity contribution < 1.29 is 71.4 Å². The SMILES string of the molecule is C=C(C(=O)OCC)c1ccc(OCCCCC(=O)OCCC(OC(=O)CCCCOc2ccc(C(=C)C(=O)OCC)cc2)OC(=O)CCCCOc2ccc(C(=C)C(=O)OCC)cc2)cc1. The summed E-state index contributed by atoms with van der Waals surface area (Å²) in [6.07, 6.45) is 1.80. The van der Waals surface area contributed by atoms with Gasteiger partial charge in [-0.2, -0.15) is 0 Å². The molecular formula is C51H62O15. The van der Waals surface area contributed by atoms with Crippen LogP contribution in [-0.2, 0) is 57.2 Å². The maximum absolute atomic E-state index is 12.8. The second-order valence-corrected chi connectivity index (χ2v) is 14.5. The fourth-order valence-corrected chi connectivity index (χ4v) is 5.84. The Bertz CT molecular complexity index is 1960. The number of unbranched alkanes of at least 4 members (excludes halogenated alkanes) is 3. The molecule has 15 nitrogen and oxygen atoms in total. The molecule has 0 unspecified atom stereocenters. The van der Waals surface area contributed by atoms with Gasteiger partial charge in [-0.05, 0) is 112 Å². The van der Waals surface area contributed by atoms with Crippen LogP contribution in [0.4, 0.5) is 0 Å². The van der Waals surface area contributed by atoms with Crippen molar-refractivity contribution in [2.24, 2.45) is 0 Å². The first kappa shape index (κ1) is 53.4. The van der Waals surface area contributed by atoms with E-state index in [0.29, 0.717) is 92.3 Å². The maximum atomic E-state index is 12.8. The number of hydrogen-bond donors (Lipinski definition) is 0. The van der Waals surface area contributed by atoms with Crippen molar-refractivity contribution in [1.29, 1.82) is 0 Å². The van der Waals surface area contributed by atoms with Gasteiger partial charge in [-0.15, -0.1) is 0 Å². The lowest BCUT2D eigenvalue weighted by molar-refractivity contribution is -0.191. The maximum Gasteiger partial charge on any atom is 0.338 e. The van der Waals surface area contributed by atoms with Gasteiger partial charge in [0.15, 0.2) is 0 Å². The summed E-state index contributed by atoms with van der Waals surface area (Å²) < 4.78 is 48.6. The summed E-state index contributed by atoms with van der Waals surface area (Å²) in [6.45, 7) is 18.1. The zero-order chi connectivity index (χ0) is 48.1. The molecule has 0 saturated carbocycles. The first-order chi connectivity index (χ1) is 31.8. The zero-order valence-corrected chi connectivity index (χ0v) is 38.3. The lowest BCUT2D eigenvalue weighted by Gasteiger charge is -2.18. The highest BCUT2D eigenvalue weighted by molar-refractivity contribution is 6.16. The molecule has 0 radical (unpaired) electrons. The molecule has 0 spiro atoms. The largest absolute Gasteiger partial charge is 0.494 e. The van der Waals surface area contributed by atoms with Gasteiger partial charge < -0.3 is 42.6 Å². The van der Waals surface area contributed by atoms with Gasteiger partial charge in [0, 0.05) is 19.3 Å². The number of rotatable bonds is 32. The van der Waals surface area contributed by atoms with Gasteiger partial charge in [0.05, 0.1) is 69.4 Å². The van der Waals surface area contributed by atoms with Gasteiger partial charge in [-0.25, -0.2) is 14.4 Å². The molecule has 0 atom stereocenters. The van der Waals surface area contributed by atoms with Crippen LogP contribution in [0.25, 0.3) is 16.7 Å². The highest BCUT2D eigenvalue weighted by Crippen LogP contribution is 2.22. The number of ether oxygens (including phenoxy) is 9. The Balaban J connectivity index is 1.41. The van der Waals surface area contributed by atoms with E-state index in [1.807, 2.05) is 0 Å². The topological polar surface area (TPSA) is 185 Å². The van der Waals surface area contributed by atoms with E-state index in [4.69, 9.17) is 42.6 Å². The van der Waals surface area contributed by atoms with Crippen molar-refractivity contribution >= 4 is 52.5 Å². The van der Waals surface area contributed by atoms with E-state index in [9.17, 15) is 28.8 Å². The van der Waals surface area contributed by atoms with Crippen molar-refractivity contribution in [3.05, 3.63) is 109 Å². The molecule has 0 N–H and O–H groups in total. The minimum absolute atomic E-state index is 0.0276. The molecule has 0 aliphatic rings. The smallest absolute Gasteiger partial charge is 0.338 e. The summed E-state index contributed by atoms with van der Waals surface area (Å²) in [6, 6.07) is 20.6. The summed E-state index contributed by atoms with van der Waals surface area (Å²) in [5, 5.41) is 0. The second-order valence-electron chi connectivity index (χ2n) is 14.5. The molecule has 0 heterocycles. The molecule has 0 amide bonds. The van der Waals surface area contributed by atoms with Gasteiger partial charge >= 0.3 is 35.8 Å². The number of hydrogen-bond acceptors (Lipinski definition) is 15. The van der Waals surface area contributed by atoms with E-state index < -0.39 is 42.1 Å². The molecular weight excluding hydrogens is 853 g/mol. The van der Waals surface area contributed by atoms with Crippen molar-refractivity contribution in [2.75, 3.05) is 46.2 Å². The average Bonchev–Trinajstić information content (AvgIpc) is 3.31. The fourth-order valence-electron chi connectivity index (χ4n) is 5.84. The fraction of sp³-hybridized carbons (Fsp3) is 0.412. The molecule has 0 fully saturated rings. The van der Waals surface area contributed by atoms with Gasteiger partial charge in [-0.1, -0.05) is 56.1 Å². The van der Waals surface area contributed by atoms with Gasteiger partial charge in [0.2, 0.25) is 0 Å². The van der Waals surface area contributed by atoms with Crippen LogP contribution in [-0.4, -0.2) is 88.4 Å². The molecule has 0 aromatic heterocycles. The Morgan fingerprint density at radius 2 is 0.712 bits per heavy atom. The van der Waals surface area contributed by atoms with E-state index >= 15 is 0 Å². The molecule has 0 bridgehead atoms. The van der Waals surface area contributed by atoms with E-state index in [2.05, 4.69) is 19.7 Å². The van der Waals surface area contributed by atoms with Crippen LogP contribution < -0.4 is 14.2 Å². The molecule has 0 saturated heterocycles. The van der Waals surface area contributed by atoms with Gasteiger partial charge in [0.25, 0.3) is 6.29 Å². The monoisotopic (exact) mass is 914 g/mol. The molecule has 15 heteroatoms. The van der Waals surface area contributed by atoms with Crippen molar-refractivity contribution in [3.8, 4) is 17.2 Å². The quantitative estimate of drug-likeness (QED) is 0.0190. The Kier molecular flexibility index (Phi) is 24.5. The molecule has 3 aromatic rings. The number of carbonyl (C=O) groups excluding carboxylic acids is 6. The Labute approximate surface area is 387 Å². The second kappa shape index (κ2) is 30.3. The lowest BCUT2D eigenvalue weighted by atomic mass is 10.1. The standard InChI is InChI=1S/C51H62O15/c1-7-58-49(55)36(4)39-19-25-42(26-20-39)61-32-13-10-16-45(52)64-35-31-48(65-46(53)17-11-14-33-62-43-27-21-40(22-28-43)37(5)50(56)59-8-2)66-47(54)18-12-15-34-63-44-29-23-41(24-30-44)38(6)51(57)60-9-3/h19-30,48H,4-18,31-35H2,1-3H3. The van der Waals surface area contributed by atoms with Crippen LogP contribution in [0.2, 0.25) is 0 Å². The van der Waals surface area contributed by atoms with Crippen molar-refractivity contribution in [3.63, 3.8) is 0 Å². The van der Waals surface area contributed by atoms with E-state index in [0.717, 1.165) is 0 Å². The van der Waals surface area contributed by atoms with Crippen LogP contribution in [0.15, 0.2) is 92.5 Å². The Morgan fingerprint density at radius 3 is 1.02 bits per heavy atom. The third-order valence-electron chi connectivity index (χ3n) is 9.45. The van der Waals surface area contributed by atoms with Crippen LogP contribution in [0.1, 0.15) is 102 Å². The first-order valence-electron chi connectivity index (χ1n) is 22.2. The number of esters is 6. The lowest BCUT2D eigenvalue weighted by Crippen LogP contribution is -2.26. The Morgan fingerprint density at radius 1 is 0.409 bits per heavy atom. The third-order valence-corrected chi connectivity index (χ3v) is 9.45. The zero-order valence-electron chi connectivity index (χ0n) is 38.3. The highest BCUT2D eigenvalue weighted by Gasteiger charge is 2.20. The van der Waals surface area contributed by atoms with Crippen LogP contribution in [0, 0.1) is 0 Å². The Hall–Kier alpha value is -6.90. The van der Waals surface area contributed by atoms with Crippen LogP contribution in [0.3, 0.4) is 0 Å². The van der Waals surface area contributed by atoms with Crippen LogP contribution >= 0.6 is 0 Å². The summed E-state index contributed by atoms with van der Waals surface area (Å²) in [7, 11) is 0.